The SMILES string of the molecule is Cc1cccc(CCC(=O)N2CCN(c3nccs3)CC2)c1.Cl. The number of carbonyl (C=O) groups is 1. The lowest BCUT2D eigenvalue weighted by Crippen LogP contribution is -2.48. The number of hydrogen-bond acceptors (Lipinski definition) is 4. The molecule has 3 rings (SSSR count). The van der Waals surface area contributed by atoms with E-state index in [-0.39, 0.29) is 18.3 Å². The van der Waals surface area contributed by atoms with Gasteiger partial charge in [-0.2, -0.15) is 0 Å². The molecule has 2 heterocycles. The summed E-state index contributed by atoms with van der Waals surface area (Å²) < 4.78 is 0. The third-order valence-corrected chi connectivity index (χ3v) is 4.86. The summed E-state index contributed by atoms with van der Waals surface area (Å²) in [6.45, 7) is 5.44. The van der Waals surface area contributed by atoms with E-state index in [1.807, 2.05) is 16.5 Å². The fourth-order valence-corrected chi connectivity index (χ4v) is 3.49. The van der Waals surface area contributed by atoms with Crippen LogP contribution in [0.2, 0.25) is 0 Å². The number of thiazole rings is 1. The number of halogens is 1. The molecule has 1 aromatic carbocycles. The molecule has 1 amide bonds. The zero-order valence-corrected chi connectivity index (χ0v) is 14.9. The molecule has 2 aromatic rings. The normalized spacial score (nSPS) is 14.5. The zero-order valence-electron chi connectivity index (χ0n) is 13.3. The lowest BCUT2D eigenvalue weighted by Gasteiger charge is -2.34. The van der Waals surface area contributed by atoms with Gasteiger partial charge in [-0.25, -0.2) is 4.98 Å². The molecule has 0 bridgehead atoms. The van der Waals surface area contributed by atoms with Crippen LogP contribution >= 0.6 is 23.7 Å². The van der Waals surface area contributed by atoms with Crippen molar-refractivity contribution in [1.29, 1.82) is 0 Å². The van der Waals surface area contributed by atoms with Crippen molar-refractivity contribution < 1.29 is 4.79 Å². The molecule has 23 heavy (non-hydrogen) atoms. The fourth-order valence-electron chi connectivity index (χ4n) is 2.80. The van der Waals surface area contributed by atoms with Gasteiger partial charge in [-0.05, 0) is 18.9 Å². The predicted molar refractivity (Wildman–Crippen MR) is 97.7 cm³/mol. The van der Waals surface area contributed by atoms with E-state index in [1.165, 1.54) is 11.1 Å². The highest BCUT2D eigenvalue weighted by Crippen LogP contribution is 2.19. The summed E-state index contributed by atoms with van der Waals surface area (Å²) >= 11 is 1.66. The number of aromatic nitrogens is 1. The third-order valence-electron chi connectivity index (χ3n) is 4.03. The summed E-state index contributed by atoms with van der Waals surface area (Å²) in [7, 11) is 0. The molecule has 124 valence electrons. The predicted octanol–water partition coefficient (Wildman–Crippen LogP) is 3.15. The van der Waals surface area contributed by atoms with Crippen molar-refractivity contribution in [3.05, 3.63) is 47.0 Å². The number of hydrogen-bond donors (Lipinski definition) is 0. The van der Waals surface area contributed by atoms with Gasteiger partial charge >= 0.3 is 0 Å². The van der Waals surface area contributed by atoms with Crippen molar-refractivity contribution in [3.63, 3.8) is 0 Å². The van der Waals surface area contributed by atoms with Gasteiger partial charge in [0.1, 0.15) is 0 Å². The first-order valence-electron chi connectivity index (χ1n) is 7.70. The standard InChI is InChI=1S/C17H21N3OS.ClH/c1-14-3-2-4-15(13-14)5-6-16(21)19-8-10-20(11-9-19)17-18-7-12-22-17;/h2-4,7,12-13H,5-6,8-11H2,1H3;1H. The Kier molecular flexibility index (Phi) is 6.42. The van der Waals surface area contributed by atoms with Crippen LogP contribution in [0.4, 0.5) is 5.13 Å². The van der Waals surface area contributed by atoms with Crippen LogP contribution in [0.1, 0.15) is 17.5 Å². The second-order valence-corrected chi connectivity index (χ2v) is 6.54. The number of anilines is 1. The molecule has 1 aliphatic rings. The highest BCUT2D eigenvalue weighted by molar-refractivity contribution is 7.13. The van der Waals surface area contributed by atoms with Gasteiger partial charge in [-0.3, -0.25) is 4.79 Å². The van der Waals surface area contributed by atoms with E-state index in [4.69, 9.17) is 0 Å². The molecular weight excluding hydrogens is 330 g/mol. The second kappa shape index (κ2) is 8.31. The maximum Gasteiger partial charge on any atom is 0.223 e. The van der Waals surface area contributed by atoms with E-state index >= 15 is 0 Å². The first kappa shape index (κ1) is 17.8. The van der Waals surface area contributed by atoms with Crippen molar-refractivity contribution in [1.82, 2.24) is 9.88 Å². The van der Waals surface area contributed by atoms with Gasteiger partial charge in [-0.1, -0.05) is 29.8 Å². The summed E-state index contributed by atoms with van der Waals surface area (Å²) in [5.41, 5.74) is 2.50. The average molecular weight is 352 g/mol. The maximum absolute atomic E-state index is 12.3. The highest BCUT2D eigenvalue weighted by Gasteiger charge is 2.21. The lowest BCUT2D eigenvalue weighted by molar-refractivity contribution is -0.131. The average Bonchev–Trinajstić information content (AvgIpc) is 3.07. The van der Waals surface area contributed by atoms with Crippen molar-refractivity contribution in [2.75, 3.05) is 31.1 Å². The molecule has 1 aliphatic heterocycles. The number of rotatable bonds is 4. The van der Waals surface area contributed by atoms with Crippen molar-refractivity contribution in [2.24, 2.45) is 0 Å². The fraction of sp³-hybridized carbons (Fsp3) is 0.412. The summed E-state index contributed by atoms with van der Waals surface area (Å²) in [5, 5.41) is 3.06. The van der Waals surface area contributed by atoms with Crippen molar-refractivity contribution in [2.45, 2.75) is 19.8 Å². The largest absolute Gasteiger partial charge is 0.345 e. The van der Waals surface area contributed by atoms with E-state index in [0.29, 0.717) is 6.42 Å². The Balaban J connectivity index is 0.00000192. The van der Waals surface area contributed by atoms with Crippen LogP contribution in [0.3, 0.4) is 0 Å². The lowest BCUT2D eigenvalue weighted by atomic mass is 10.1. The Morgan fingerprint density at radius 1 is 1.26 bits per heavy atom. The number of benzene rings is 1. The third kappa shape index (κ3) is 4.69. The summed E-state index contributed by atoms with van der Waals surface area (Å²) in [6.07, 6.45) is 3.26. The minimum Gasteiger partial charge on any atom is -0.345 e. The molecule has 0 N–H and O–H groups in total. The van der Waals surface area contributed by atoms with E-state index in [0.717, 1.165) is 37.7 Å². The van der Waals surface area contributed by atoms with Crippen LogP contribution in [0.15, 0.2) is 35.8 Å². The molecule has 0 aliphatic carbocycles. The number of nitrogens with zero attached hydrogens (tertiary/aromatic N) is 3. The smallest absolute Gasteiger partial charge is 0.223 e. The molecule has 6 heteroatoms. The molecular formula is C17H22ClN3OS. The maximum atomic E-state index is 12.3. The quantitative estimate of drug-likeness (QED) is 0.849. The highest BCUT2D eigenvalue weighted by atomic mass is 35.5. The van der Waals surface area contributed by atoms with E-state index in [2.05, 4.69) is 41.1 Å². The van der Waals surface area contributed by atoms with Gasteiger partial charge in [-0.15, -0.1) is 23.7 Å². The Labute approximate surface area is 147 Å². The van der Waals surface area contributed by atoms with E-state index in [9.17, 15) is 4.79 Å². The number of aryl methyl sites for hydroxylation is 2. The molecule has 0 unspecified atom stereocenters. The van der Waals surface area contributed by atoms with Gasteiger partial charge in [0.2, 0.25) is 5.91 Å². The molecule has 0 saturated carbocycles. The van der Waals surface area contributed by atoms with Crippen LogP contribution in [0.25, 0.3) is 0 Å². The Morgan fingerprint density at radius 3 is 2.70 bits per heavy atom. The Hall–Kier alpha value is -1.59. The van der Waals surface area contributed by atoms with Crippen LogP contribution in [-0.2, 0) is 11.2 Å². The zero-order chi connectivity index (χ0) is 15.4. The number of piperazine rings is 1. The first-order chi connectivity index (χ1) is 10.7. The summed E-state index contributed by atoms with van der Waals surface area (Å²) in [6, 6.07) is 8.40. The van der Waals surface area contributed by atoms with Gasteiger partial charge in [0.15, 0.2) is 5.13 Å². The van der Waals surface area contributed by atoms with Gasteiger partial charge < -0.3 is 9.80 Å². The first-order valence-corrected chi connectivity index (χ1v) is 8.58. The molecule has 4 nitrogen and oxygen atoms in total. The molecule has 1 saturated heterocycles. The number of carbonyl (C=O) groups excluding carboxylic acids is 1. The van der Waals surface area contributed by atoms with Crippen molar-refractivity contribution in [3.8, 4) is 0 Å². The van der Waals surface area contributed by atoms with Crippen LogP contribution < -0.4 is 4.90 Å². The van der Waals surface area contributed by atoms with Crippen LogP contribution in [0.5, 0.6) is 0 Å². The van der Waals surface area contributed by atoms with Crippen LogP contribution in [-0.4, -0.2) is 42.0 Å². The molecule has 1 fully saturated rings. The molecule has 0 spiro atoms. The Morgan fingerprint density at radius 2 is 2.04 bits per heavy atom. The Bertz CT molecular complexity index is 625. The number of amides is 1. The van der Waals surface area contributed by atoms with Gasteiger partial charge in [0, 0.05) is 44.2 Å². The van der Waals surface area contributed by atoms with Gasteiger partial charge in [0.05, 0.1) is 0 Å². The van der Waals surface area contributed by atoms with Crippen LogP contribution in [0, 0.1) is 6.92 Å². The topological polar surface area (TPSA) is 36.4 Å². The molecule has 0 atom stereocenters. The minimum atomic E-state index is 0. The second-order valence-electron chi connectivity index (χ2n) is 5.67. The minimum absolute atomic E-state index is 0. The summed E-state index contributed by atoms with van der Waals surface area (Å²) in [5.74, 6) is 0.264. The molecule has 1 aromatic heterocycles. The van der Waals surface area contributed by atoms with E-state index < -0.39 is 0 Å². The van der Waals surface area contributed by atoms with E-state index in [1.54, 1.807) is 11.3 Å². The monoisotopic (exact) mass is 351 g/mol. The summed E-state index contributed by atoms with van der Waals surface area (Å²) in [4.78, 5) is 20.9. The van der Waals surface area contributed by atoms with Crippen molar-refractivity contribution >= 4 is 34.8 Å². The van der Waals surface area contributed by atoms with Gasteiger partial charge in [0.25, 0.3) is 0 Å². The molecule has 0 radical (unpaired) electrons.